The first-order valence-electron chi connectivity index (χ1n) is 10.2. The van der Waals surface area contributed by atoms with Crippen LogP contribution in [0, 0.1) is 11.3 Å². The Morgan fingerprint density at radius 1 is 1.16 bits per heavy atom. The number of amides is 1. The number of nitrogens with two attached hydrogens (primary N) is 1. The largest absolute Gasteiger partial charge is 0.336 e. The highest BCUT2D eigenvalue weighted by Gasteiger charge is 2.25. The lowest BCUT2D eigenvalue weighted by Gasteiger charge is -2.30. The van der Waals surface area contributed by atoms with Crippen LogP contribution in [0.15, 0.2) is 59.5 Å². The third-order valence-corrected chi connectivity index (χ3v) is 6.62. The third-order valence-electron chi connectivity index (χ3n) is 5.49. The first kappa shape index (κ1) is 21.7. The van der Waals surface area contributed by atoms with Crippen molar-refractivity contribution in [2.45, 2.75) is 23.8 Å². The van der Waals surface area contributed by atoms with E-state index >= 15 is 0 Å². The van der Waals surface area contributed by atoms with Crippen LogP contribution in [0.3, 0.4) is 0 Å². The molecule has 0 spiro atoms. The number of benzene rings is 2. The summed E-state index contributed by atoms with van der Waals surface area (Å²) in [6.45, 7) is 1.12. The van der Waals surface area contributed by atoms with E-state index in [0.29, 0.717) is 30.0 Å². The van der Waals surface area contributed by atoms with Crippen molar-refractivity contribution in [3.05, 3.63) is 65.9 Å². The molecule has 2 aromatic carbocycles. The first-order valence-corrected chi connectivity index (χ1v) is 12.1. The summed E-state index contributed by atoms with van der Waals surface area (Å²) in [5, 5.41) is 13.7. The smallest absolute Gasteiger partial charge is 0.274 e. The van der Waals surface area contributed by atoms with Crippen LogP contribution in [0.2, 0.25) is 0 Å². The SMILES string of the molecule is CS(=O)(=O)c1ccc(-n2nc(C(=O)N3CCC[C@@H](N)C3)cc2-c2ccc(C#N)cc2)cc1. The summed E-state index contributed by atoms with van der Waals surface area (Å²) in [4.78, 5) is 15.1. The standard InChI is InChI=1S/C23H23N5O3S/c1-32(30,31)20-10-8-19(9-11-20)28-22(17-6-4-16(14-24)5-7-17)13-21(26-28)23(29)27-12-2-3-18(25)15-27/h4-11,13,18H,2-3,12,15,25H2,1H3/t18-/m1/s1. The molecule has 2 heterocycles. The number of carbonyl (C=O) groups is 1. The molecular weight excluding hydrogens is 426 g/mol. The predicted molar refractivity (Wildman–Crippen MR) is 120 cm³/mol. The summed E-state index contributed by atoms with van der Waals surface area (Å²) in [6, 6.07) is 17.1. The van der Waals surface area contributed by atoms with E-state index in [4.69, 9.17) is 11.0 Å². The van der Waals surface area contributed by atoms with E-state index in [0.717, 1.165) is 24.7 Å². The first-order chi connectivity index (χ1) is 15.3. The van der Waals surface area contributed by atoms with E-state index in [1.807, 2.05) is 0 Å². The summed E-state index contributed by atoms with van der Waals surface area (Å²) in [7, 11) is -3.33. The zero-order chi connectivity index (χ0) is 22.9. The van der Waals surface area contributed by atoms with Crippen LogP contribution in [0.1, 0.15) is 28.9 Å². The fourth-order valence-corrected chi connectivity index (χ4v) is 4.43. The summed E-state index contributed by atoms with van der Waals surface area (Å²) in [5.74, 6) is -0.193. The van der Waals surface area contributed by atoms with Crippen LogP contribution >= 0.6 is 0 Å². The van der Waals surface area contributed by atoms with Crippen molar-refractivity contribution in [3.8, 4) is 23.0 Å². The van der Waals surface area contributed by atoms with E-state index in [2.05, 4.69) is 11.2 Å². The van der Waals surface area contributed by atoms with Gasteiger partial charge in [0.25, 0.3) is 5.91 Å². The molecule has 8 nitrogen and oxygen atoms in total. The van der Waals surface area contributed by atoms with Crippen molar-refractivity contribution in [2.24, 2.45) is 5.73 Å². The molecule has 0 bridgehead atoms. The maximum atomic E-state index is 13.1. The van der Waals surface area contributed by atoms with Gasteiger partial charge in [-0.15, -0.1) is 0 Å². The number of rotatable bonds is 4. The zero-order valence-electron chi connectivity index (χ0n) is 17.6. The van der Waals surface area contributed by atoms with Gasteiger partial charge in [0.05, 0.1) is 27.9 Å². The fourth-order valence-electron chi connectivity index (χ4n) is 3.79. The molecule has 1 saturated heterocycles. The van der Waals surface area contributed by atoms with Crippen molar-refractivity contribution < 1.29 is 13.2 Å². The number of likely N-dealkylation sites (tertiary alicyclic amines) is 1. The molecule has 1 aromatic heterocycles. The predicted octanol–water partition coefficient (Wildman–Crippen LogP) is 2.38. The molecular formula is C23H23N5O3S. The molecule has 0 radical (unpaired) electrons. The van der Waals surface area contributed by atoms with Gasteiger partial charge < -0.3 is 10.6 Å². The summed E-state index contributed by atoms with van der Waals surface area (Å²) < 4.78 is 25.2. The van der Waals surface area contributed by atoms with E-state index in [1.54, 1.807) is 52.0 Å². The van der Waals surface area contributed by atoms with Crippen LogP contribution in [0.4, 0.5) is 0 Å². The topological polar surface area (TPSA) is 122 Å². The molecule has 4 rings (SSSR count). The van der Waals surface area contributed by atoms with Gasteiger partial charge in [-0.05, 0) is 55.3 Å². The van der Waals surface area contributed by atoms with Crippen molar-refractivity contribution >= 4 is 15.7 Å². The van der Waals surface area contributed by atoms with Crippen LogP contribution in [0.5, 0.6) is 0 Å². The molecule has 1 fully saturated rings. The number of hydrogen-bond donors (Lipinski definition) is 1. The van der Waals surface area contributed by atoms with Gasteiger partial charge in [0.2, 0.25) is 0 Å². The third kappa shape index (κ3) is 4.42. The molecule has 0 saturated carbocycles. The number of hydrogen-bond acceptors (Lipinski definition) is 6. The average molecular weight is 450 g/mol. The fraction of sp³-hybridized carbons (Fsp3) is 0.261. The van der Waals surface area contributed by atoms with Gasteiger partial charge in [-0.3, -0.25) is 4.79 Å². The highest BCUT2D eigenvalue weighted by molar-refractivity contribution is 7.90. The van der Waals surface area contributed by atoms with E-state index in [9.17, 15) is 13.2 Å². The van der Waals surface area contributed by atoms with E-state index in [-0.39, 0.29) is 22.5 Å². The highest BCUT2D eigenvalue weighted by atomic mass is 32.2. The summed E-state index contributed by atoms with van der Waals surface area (Å²) in [5.41, 5.74) is 8.90. The Balaban J connectivity index is 1.78. The zero-order valence-corrected chi connectivity index (χ0v) is 18.4. The molecule has 0 aliphatic carbocycles. The van der Waals surface area contributed by atoms with Crippen LogP contribution in [0.25, 0.3) is 16.9 Å². The van der Waals surface area contributed by atoms with Gasteiger partial charge in [-0.2, -0.15) is 10.4 Å². The molecule has 1 aliphatic rings. The normalized spacial score (nSPS) is 16.5. The molecule has 3 aromatic rings. The lowest BCUT2D eigenvalue weighted by molar-refractivity contribution is 0.0702. The van der Waals surface area contributed by atoms with Crippen molar-refractivity contribution in [1.82, 2.24) is 14.7 Å². The Labute approximate surface area is 186 Å². The van der Waals surface area contributed by atoms with E-state index < -0.39 is 9.84 Å². The Kier molecular flexibility index (Phi) is 5.82. The van der Waals surface area contributed by atoms with Crippen molar-refractivity contribution in [1.29, 1.82) is 5.26 Å². The minimum absolute atomic E-state index is 0.0451. The Morgan fingerprint density at radius 3 is 2.44 bits per heavy atom. The van der Waals surface area contributed by atoms with Gasteiger partial charge in [-0.1, -0.05) is 12.1 Å². The second-order valence-corrected chi connectivity index (χ2v) is 9.95. The second-order valence-electron chi connectivity index (χ2n) is 7.94. The monoisotopic (exact) mass is 449 g/mol. The van der Waals surface area contributed by atoms with Gasteiger partial charge in [0.15, 0.2) is 15.5 Å². The molecule has 1 amide bonds. The Bertz CT molecular complexity index is 1290. The second kappa shape index (κ2) is 8.57. The molecule has 0 unspecified atom stereocenters. The molecule has 1 aliphatic heterocycles. The number of aromatic nitrogens is 2. The number of nitriles is 1. The Morgan fingerprint density at radius 2 is 1.84 bits per heavy atom. The molecule has 32 heavy (non-hydrogen) atoms. The Hall–Kier alpha value is -3.48. The lowest BCUT2D eigenvalue weighted by Crippen LogP contribution is -2.45. The number of carbonyl (C=O) groups excluding carboxylic acids is 1. The highest BCUT2D eigenvalue weighted by Crippen LogP contribution is 2.26. The summed E-state index contributed by atoms with van der Waals surface area (Å²) >= 11 is 0. The summed E-state index contributed by atoms with van der Waals surface area (Å²) in [6.07, 6.45) is 2.89. The average Bonchev–Trinajstić information content (AvgIpc) is 3.23. The number of sulfone groups is 1. The number of piperidine rings is 1. The van der Waals surface area contributed by atoms with Gasteiger partial charge in [0.1, 0.15) is 0 Å². The van der Waals surface area contributed by atoms with Crippen LogP contribution in [-0.2, 0) is 9.84 Å². The van der Waals surface area contributed by atoms with Crippen LogP contribution < -0.4 is 5.73 Å². The van der Waals surface area contributed by atoms with Gasteiger partial charge in [0, 0.05) is 31.0 Å². The quantitative estimate of drug-likeness (QED) is 0.652. The molecule has 9 heteroatoms. The van der Waals surface area contributed by atoms with Crippen molar-refractivity contribution in [3.63, 3.8) is 0 Å². The lowest BCUT2D eigenvalue weighted by atomic mass is 10.1. The van der Waals surface area contributed by atoms with E-state index in [1.165, 1.54) is 12.1 Å². The van der Waals surface area contributed by atoms with Gasteiger partial charge in [-0.25, -0.2) is 13.1 Å². The van der Waals surface area contributed by atoms with Crippen LogP contribution in [-0.4, -0.2) is 54.4 Å². The molecule has 2 N–H and O–H groups in total. The number of nitrogens with zero attached hydrogens (tertiary/aromatic N) is 4. The maximum absolute atomic E-state index is 13.1. The van der Waals surface area contributed by atoms with Gasteiger partial charge >= 0.3 is 0 Å². The molecule has 164 valence electrons. The van der Waals surface area contributed by atoms with Crippen molar-refractivity contribution in [2.75, 3.05) is 19.3 Å². The molecule has 1 atom stereocenters. The maximum Gasteiger partial charge on any atom is 0.274 e. The minimum atomic E-state index is -3.33. The minimum Gasteiger partial charge on any atom is -0.336 e.